The van der Waals surface area contributed by atoms with Crippen LogP contribution in [0.15, 0.2) is 18.2 Å². The number of carboxylic acids is 1. The number of rotatable bonds is 2. The molecule has 3 rings (SSSR count). The van der Waals surface area contributed by atoms with Gasteiger partial charge in [-0.25, -0.2) is 4.79 Å². The SMILES string of the molecule is CC1(C(=O)N2CCc3ccc(C(=O)O)cc3C2)CCCCCC1. The smallest absolute Gasteiger partial charge is 0.335 e. The molecule has 1 aromatic rings. The summed E-state index contributed by atoms with van der Waals surface area (Å²) in [6.07, 6.45) is 7.50. The van der Waals surface area contributed by atoms with Crippen LogP contribution in [0.4, 0.5) is 0 Å². The summed E-state index contributed by atoms with van der Waals surface area (Å²) in [4.78, 5) is 26.2. The van der Waals surface area contributed by atoms with Gasteiger partial charge in [-0.15, -0.1) is 0 Å². The molecule has 0 atom stereocenters. The fourth-order valence-electron chi connectivity index (χ4n) is 3.97. The van der Waals surface area contributed by atoms with E-state index in [-0.39, 0.29) is 11.3 Å². The van der Waals surface area contributed by atoms with E-state index in [1.54, 1.807) is 12.1 Å². The lowest BCUT2D eigenvalue weighted by atomic mass is 9.80. The van der Waals surface area contributed by atoms with Gasteiger partial charge in [0.1, 0.15) is 0 Å². The van der Waals surface area contributed by atoms with E-state index >= 15 is 0 Å². The van der Waals surface area contributed by atoms with E-state index in [0.717, 1.165) is 44.2 Å². The van der Waals surface area contributed by atoms with Crippen LogP contribution >= 0.6 is 0 Å². The van der Waals surface area contributed by atoms with Crippen molar-refractivity contribution in [2.45, 2.75) is 58.4 Å². The fourth-order valence-corrected chi connectivity index (χ4v) is 3.97. The van der Waals surface area contributed by atoms with Crippen LogP contribution in [0.1, 0.15) is 66.9 Å². The van der Waals surface area contributed by atoms with Gasteiger partial charge in [0.2, 0.25) is 5.91 Å². The predicted octanol–water partition coefficient (Wildman–Crippen LogP) is 3.63. The van der Waals surface area contributed by atoms with E-state index in [2.05, 4.69) is 6.92 Å². The van der Waals surface area contributed by atoms with Crippen molar-refractivity contribution in [2.75, 3.05) is 6.54 Å². The maximum atomic E-state index is 13.1. The van der Waals surface area contributed by atoms with Crippen molar-refractivity contribution < 1.29 is 14.7 Å². The Balaban J connectivity index is 1.79. The van der Waals surface area contributed by atoms with Crippen molar-refractivity contribution in [1.29, 1.82) is 0 Å². The quantitative estimate of drug-likeness (QED) is 0.848. The topological polar surface area (TPSA) is 57.6 Å². The Morgan fingerprint density at radius 3 is 2.43 bits per heavy atom. The van der Waals surface area contributed by atoms with E-state index in [9.17, 15) is 9.59 Å². The average molecular weight is 315 g/mol. The monoisotopic (exact) mass is 315 g/mol. The molecule has 23 heavy (non-hydrogen) atoms. The summed E-state index contributed by atoms with van der Waals surface area (Å²) < 4.78 is 0. The first kappa shape index (κ1) is 16.0. The Labute approximate surface area is 137 Å². The minimum absolute atomic E-state index is 0.238. The van der Waals surface area contributed by atoms with Gasteiger partial charge in [0.05, 0.1) is 5.56 Å². The van der Waals surface area contributed by atoms with Crippen LogP contribution in [0.25, 0.3) is 0 Å². The lowest BCUT2D eigenvalue weighted by Gasteiger charge is -2.37. The van der Waals surface area contributed by atoms with Crippen molar-refractivity contribution in [2.24, 2.45) is 5.41 Å². The highest BCUT2D eigenvalue weighted by Crippen LogP contribution is 2.37. The Hall–Kier alpha value is -1.84. The molecule has 4 nitrogen and oxygen atoms in total. The van der Waals surface area contributed by atoms with Gasteiger partial charge in [-0.05, 0) is 42.5 Å². The summed E-state index contributed by atoms with van der Waals surface area (Å²) in [5, 5.41) is 9.16. The van der Waals surface area contributed by atoms with Crippen LogP contribution in [-0.2, 0) is 17.8 Å². The first-order valence-electron chi connectivity index (χ1n) is 8.64. The number of benzene rings is 1. The van der Waals surface area contributed by atoms with Crippen molar-refractivity contribution in [3.63, 3.8) is 0 Å². The molecule has 0 saturated heterocycles. The summed E-state index contributed by atoms with van der Waals surface area (Å²) >= 11 is 0. The van der Waals surface area contributed by atoms with Gasteiger partial charge in [0.15, 0.2) is 0 Å². The molecule has 1 heterocycles. The molecule has 1 N–H and O–H groups in total. The number of carboxylic acid groups (broad SMARTS) is 1. The average Bonchev–Trinajstić information content (AvgIpc) is 2.78. The van der Waals surface area contributed by atoms with Crippen LogP contribution in [0.3, 0.4) is 0 Å². The van der Waals surface area contributed by atoms with Crippen molar-refractivity contribution in [3.8, 4) is 0 Å². The van der Waals surface area contributed by atoms with Gasteiger partial charge in [0, 0.05) is 18.5 Å². The third kappa shape index (κ3) is 3.26. The van der Waals surface area contributed by atoms with Gasteiger partial charge >= 0.3 is 5.97 Å². The molecule has 1 amide bonds. The molecule has 1 aromatic carbocycles. The highest BCUT2D eigenvalue weighted by molar-refractivity contribution is 5.88. The van der Waals surface area contributed by atoms with Gasteiger partial charge < -0.3 is 10.0 Å². The van der Waals surface area contributed by atoms with Gasteiger partial charge in [-0.1, -0.05) is 38.7 Å². The molecule has 0 radical (unpaired) electrons. The Morgan fingerprint density at radius 2 is 1.78 bits per heavy atom. The van der Waals surface area contributed by atoms with Crippen LogP contribution in [0, 0.1) is 5.41 Å². The minimum atomic E-state index is -0.910. The molecule has 0 spiro atoms. The Kier molecular flexibility index (Phi) is 4.42. The second kappa shape index (κ2) is 6.34. The first-order valence-corrected chi connectivity index (χ1v) is 8.64. The minimum Gasteiger partial charge on any atom is -0.478 e. The fraction of sp³-hybridized carbons (Fsp3) is 0.579. The second-order valence-electron chi connectivity index (χ2n) is 7.24. The molecule has 2 aliphatic rings. The van der Waals surface area contributed by atoms with Crippen LogP contribution in [0.2, 0.25) is 0 Å². The van der Waals surface area contributed by atoms with Gasteiger partial charge in [0.25, 0.3) is 0 Å². The zero-order valence-corrected chi connectivity index (χ0v) is 13.8. The van der Waals surface area contributed by atoms with Crippen molar-refractivity contribution in [1.82, 2.24) is 4.90 Å². The summed E-state index contributed by atoms with van der Waals surface area (Å²) in [6, 6.07) is 5.28. The van der Waals surface area contributed by atoms with E-state index in [4.69, 9.17) is 5.11 Å². The summed E-state index contributed by atoms with van der Waals surface area (Å²) in [6.45, 7) is 3.41. The highest BCUT2D eigenvalue weighted by Gasteiger charge is 2.37. The zero-order valence-electron chi connectivity index (χ0n) is 13.8. The number of nitrogens with zero attached hydrogens (tertiary/aromatic N) is 1. The molecule has 0 unspecified atom stereocenters. The maximum absolute atomic E-state index is 13.1. The molecule has 0 aromatic heterocycles. The summed E-state index contributed by atoms with van der Waals surface area (Å²) in [7, 11) is 0. The van der Waals surface area contributed by atoms with Crippen molar-refractivity contribution in [3.05, 3.63) is 34.9 Å². The molecule has 0 bridgehead atoms. The normalized spacial score (nSPS) is 20.5. The standard InChI is InChI=1S/C19H25NO3/c1-19(9-4-2-3-5-10-19)18(23)20-11-8-14-6-7-15(17(21)22)12-16(14)13-20/h6-7,12H,2-5,8-11,13H2,1H3,(H,21,22). The first-order chi connectivity index (χ1) is 11.0. The molecule has 1 saturated carbocycles. The van der Waals surface area contributed by atoms with Crippen LogP contribution < -0.4 is 0 Å². The number of carbonyl (C=O) groups excluding carboxylic acids is 1. The Morgan fingerprint density at radius 1 is 1.09 bits per heavy atom. The molecule has 124 valence electrons. The van der Waals surface area contributed by atoms with E-state index in [1.807, 2.05) is 11.0 Å². The predicted molar refractivity (Wildman–Crippen MR) is 88.3 cm³/mol. The third-order valence-corrected chi connectivity index (χ3v) is 5.48. The van der Waals surface area contributed by atoms with E-state index in [0.29, 0.717) is 12.1 Å². The summed E-state index contributed by atoms with van der Waals surface area (Å²) in [5.41, 5.74) is 2.23. The number of carbonyl (C=O) groups is 2. The van der Waals surface area contributed by atoms with Crippen LogP contribution in [-0.4, -0.2) is 28.4 Å². The highest BCUT2D eigenvalue weighted by atomic mass is 16.4. The number of fused-ring (bicyclic) bond motifs is 1. The molecule has 1 fully saturated rings. The summed E-state index contributed by atoms with van der Waals surface area (Å²) in [5.74, 6) is -0.655. The molecule has 1 aliphatic carbocycles. The number of hydrogen-bond acceptors (Lipinski definition) is 2. The van der Waals surface area contributed by atoms with Gasteiger partial charge in [-0.2, -0.15) is 0 Å². The van der Waals surface area contributed by atoms with E-state index < -0.39 is 5.97 Å². The van der Waals surface area contributed by atoms with Crippen molar-refractivity contribution >= 4 is 11.9 Å². The second-order valence-corrected chi connectivity index (χ2v) is 7.24. The number of aromatic carboxylic acids is 1. The van der Waals surface area contributed by atoms with Gasteiger partial charge in [-0.3, -0.25) is 4.79 Å². The lowest BCUT2D eigenvalue weighted by Crippen LogP contribution is -2.44. The molecule has 1 aliphatic heterocycles. The third-order valence-electron chi connectivity index (χ3n) is 5.48. The lowest BCUT2D eigenvalue weighted by molar-refractivity contribution is -0.143. The number of amides is 1. The molecular weight excluding hydrogens is 290 g/mol. The molecular formula is C19H25NO3. The Bertz CT molecular complexity index is 615. The number of hydrogen-bond donors (Lipinski definition) is 1. The zero-order chi connectivity index (χ0) is 16.4. The molecule has 4 heteroatoms. The maximum Gasteiger partial charge on any atom is 0.335 e. The van der Waals surface area contributed by atoms with E-state index in [1.165, 1.54) is 18.4 Å². The van der Waals surface area contributed by atoms with Crippen LogP contribution in [0.5, 0.6) is 0 Å². The largest absolute Gasteiger partial charge is 0.478 e.